The van der Waals surface area contributed by atoms with E-state index >= 15 is 0 Å². The Kier molecular flexibility index (Phi) is 7.54. The summed E-state index contributed by atoms with van der Waals surface area (Å²) in [6, 6.07) is 11.4. The Balaban J connectivity index is 1.29. The predicted octanol–water partition coefficient (Wildman–Crippen LogP) is 4.74. The second-order valence-corrected chi connectivity index (χ2v) is 9.93. The van der Waals surface area contributed by atoms with Crippen LogP contribution >= 0.6 is 0 Å². The van der Waals surface area contributed by atoms with E-state index in [4.69, 9.17) is 9.26 Å². The van der Waals surface area contributed by atoms with Gasteiger partial charge in [-0.1, -0.05) is 25.9 Å². The number of urea groups is 1. The number of ether oxygens (including phenoxy) is 1. The van der Waals surface area contributed by atoms with Crippen molar-refractivity contribution in [3.05, 3.63) is 60.1 Å². The Bertz CT molecular complexity index is 1190. The van der Waals surface area contributed by atoms with Gasteiger partial charge in [-0.3, -0.25) is 15.1 Å². The van der Waals surface area contributed by atoms with Gasteiger partial charge in [0, 0.05) is 48.2 Å². The number of hydrogen-bond acceptors (Lipinski definition) is 7. The van der Waals surface area contributed by atoms with Crippen LogP contribution in [0.1, 0.15) is 49.9 Å². The molecule has 3 N–H and O–H groups in total. The zero-order valence-corrected chi connectivity index (χ0v) is 21.0. The lowest BCUT2D eigenvalue weighted by molar-refractivity contribution is 0.101. The van der Waals surface area contributed by atoms with E-state index in [9.17, 15) is 9.59 Å². The van der Waals surface area contributed by atoms with Crippen LogP contribution in [0.15, 0.2) is 53.2 Å². The van der Waals surface area contributed by atoms with E-state index in [1.807, 2.05) is 20.8 Å². The summed E-state index contributed by atoms with van der Waals surface area (Å²) in [7, 11) is 2.10. The lowest BCUT2D eigenvalue weighted by Gasteiger charge is -2.29. The molecule has 0 saturated carbocycles. The highest BCUT2D eigenvalue weighted by molar-refractivity contribution is 6.03. The summed E-state index contributed by atoms with van der Waals surface area (Å²) in [6.07, 6.45) is 3.62. The Morgan fingerprint density at radius 3 is 2.31 bits per heavy atom. The summed E-state index contributed by atoms with van der Waals surface area (Å²) in [4.78, 5) is 31.4. The maximum Gasteiger partial charge on any atom is 0.324 e. The third kappa shape index (κ3) is 6.82. The maximum atomic E-state index is 12.7. The molecule has 0 bridgehead atoms. The molecule has 10 nitrogen and oxygen atoms in total. The van der Waals surface area contributed by atoms with Gasteiger partial charge in [-0.15, -0.1) is 0 Å². The van der Waals surface area contributed by atoms with Crippen molar-refractivity contribution in [2.45, 2.75) is 45.1 Å². The predicted molar refractivity (Wildman–Crippen MR) is 138 cm³/mol. The zero-order valence-electron chi connectivity index (χ0n) is 21.0. The molecule has 3 aromatic rings. The summed E-state index contributed by atoms with van der Waals surface area (Å²) in [6.45, 7) is 7.97. The van der Waals surface area contributed by atoms with Crippen LogP contribution in [0.4, 0.5) is 22.0 Å². The molecular weight excluding hydrogens is 460 g/mol. The van der Waals surface area contributed by atoms with Gasteiger partial charge >= 0.3 is 6.03 Å². The van der Waals surface area contributed by atoms with Gasteiger partial charge in [-0.25, -0.2) is 4.79 Å². The highest BCUT2D eigenvalue weighted by atomic mass is 16.5. The molecule has 1 aliphatic heterocycles. The number of carbonyl (C=O) groups excluding carboxylic acids is 2. The molecule has 3 heterocycles. The van der Waals surface area contributed by atoms with Crippen molar-refractivity contribution < 1.29 is 18.8 Å². The SMILES string of the molecule is CN1CCC(Oc2ccnc(C(=O)Nc3ccc(NC(=O)Nc4cc(C(C)(C)C)on4)cc3)c2)CC1. The van der Waals surface area contributed by atoms with E-state index < -0.39 is 6.03 Å². The number of nitrogens with zero attached hydrogens (tertiary/aromatic N) is 3. The molecule has 190 valence electrons. The Labute approximate surface area is 210 Å². The Morgan fingerprint density at radius 1 is 1.00 bits per heavy atom. The normalized spacial score (nSPS) is 14.8. The molecule has 0 spiro atoms. The Hall–Kier alpha value is -3.92. The molecule has 3 amide bonds. The minimum Gasteiger partial charge on any atom is -0.490 e. The van der Waals surface area contributed by atoms with Gasteiger partial charge in [0.15, 0.2) is 5.82 Å². The molecule has 10 heteroatoms. The number of pyridine rings is 1. The summed E-state index contributed by atoms with van der Waals surface area (Å²) in [5.41, 5.74) is 1.18. The number of amides is 3. The van der Waals surface area contributed by atoms with Crippen LogP contribution in [-0.2, 0) is 5.41 Å². The van der Waals surface area contributed by atoms with Crippen LogP contribution in [0.3, 0.4) is 0 Å². The van der Waals surface area contributed by atoms with E-state index in [0.29, 0.717) is 28.7 Å². The molecule has 36 heavy (non-hydrogen) atoms. The lowest BCUT2D eigenvalue weighted by atomic mass is 9.93. The topological polar surface area (TPSA) is 122 Å². The molecule has 1 aromatic carbocycles. The number of carbonyl (C=O) groups is 2. The molecule has 1 saturated heterocycles. The first-order valence-electron chi connectivity index (χ1n) is 11.9. The van der Waals surface area contributed by atoms with E-state index in [1.165, 1.54) is 0 Å². The van der Waals surface area contributed by atoms with Crippen LogP contribution < -0.4 is 20.7 Å². The molecule has 1 fully saturated rings. The van der Waals surface area contributed by atoms with Crippen molar-refractivity contribution in [3.63, 3.8) is 0 Å². The third-order valence-electron chi connectivity index (χ3n) is 5.82. The molecule has 0 atom stereocenters. The number of benzene rings is 1. The van der Waals surface area contributed by atoms with E-state index in [-0.39, 0.29) is 23.1 Å². The van der Waals surface area contributed by atoms with Gasteiger partial charge in [0.05, 0.1) is 0 Å². The fourth-order valence-corrected chi connectivity index (χ4v) is 3.70. The van der Waals surface area contributed by atoms with Crippen molar-refractivity contribution in [2.24, 2.45) is 0 Å². The summed E-state index contributed by atoms with van der Waals surface area (Å²) >= 11 is 0. The average Bonchev–Trinajstić information content (AvgIpc) is 3.31. The summed E-state index contributed by atoms with van der Waals surface area (Å²) in [5, 5.41) is 12.1. The monoisotopic (exact) mass is 492 g/mol. The van der Waals surface area contributed by atoms with Gasteiger partial charge in [-0.05, 0) is 50.2 Å². The highest BCUT2D eigenvalue weighted by Crippen LogP contribution is 2.24. The molecule has 1 aliphatic rings. The van der Waals surface area contributed by atoms with Crippen molar-refractivity contribution in [1.29, 1.82) is 0 Å². The van der Waals surface area contributed by atoms with Crippen molar-refractivity contribution in [3.8, 4) is 5.75 Å². The second-order valence-electron chi connectivity index (χ2n) is 9.93. The first-order valence-corrected chi connectivity index (χ1v) is 11.9. The molecule has 0 radical (unpaired) electrons. The first kappa shape index (κ1) is 25.2. The fraction of sp³-hybridized carbons (Fsp3) is 0.385. The standard InChI is InChI=1S/C26H32N6O4/c1-26(2,3)22-16-23(31-36-22)30-25(34)29-18-7-5-17(6-8-18)28-24(33)21-15-20(9-12-27-21)35-19-10-13-32(4)14-11-19/h5-9,12,15-16,19H,10-11,13-14H2,1-4H3,(H,28,33)(H2,29,30,31,34). The molecule has 0 aliphatic carbocycles. The zero-order chi connectivity index (χ0) is 25.7. The van der Waals surface area contributed by atoms with Gasteiger partial charge in [-0.2, -0.15) is 0 Å². The maximum absolute atomic E-state index is 12.7. The average molecular weight is 493 g/mol. The quantitative estimate of drug-likeness (QED) is 0.454. The van der Waals surface area contributed by atoms with Crippen molar-refractivity contribution in [2.75, 3.05) is 36.1 Å². The molecule has 0 unspecified atom stereocenters. The van der Waals surface area contributed by atoms with Gasteiger partial charge < -0.3 is 24.8 Å². The summed E-state index contributed by atoms with van der Waals surface area (Å²) in [5.74, 6) is 1.29. The van der Waals surface area contributed by atoms with Gasteiger partial charge in [0.1, 0.15) is 23.3 Å². The first-order chi connectivity index (χ1) is 17.2. The van der Waals surface area contributed by atoms with Crippen LogP contribution in [0.5, 0.6) is 5.75 Å². The van der Waals surface area contributed by atoms with Crippen molar-refractivity contribution >= 4 is 29.1 Å². The second kappa shape index (κ2) is 10.8. The lowest BCUT2D eigenvalue weighted by Crippen LogP contribution is -2.35. The highest BCUT2D eigenvalue weighted by Gasteiger charge is 2.21. The number of hydrogen-bond donors (Lipinski definition) is 3. The van der Waals surface area contributed by atoms with Crippen LogP contribution in [0.2, 0.25) is 0 Å². The number of likely N-dealkylation sites (tertiary alicyclic amines) is 1. The van der Waals surface area contributed by atoms with Crippen LogP contribution in [0, 0.1) is 0 Å². The number of aromatic nitrogens is 2. The molecule has 4 rings (SSSR count). The smallest absolute Gasteiger partial charge is 0.324 e. The van der Waals surface area contributed by atoms with Crippen molar-refractivity contribution in [1.82, 2.24) is 15.0 Å². The van der Waals surface area contributed by atoms with Gasteiger partial charge in [0.2, 0.25) is 0 Å². The van der Waals surface area contributed by atoms with E-state index in [2.05, 4.69) is 38.0 Å². The number of nitrogens with one attached hydrogen (secondary N) is 3. The van der Waals surface area contributed by atoms with Gasteiger partial charge in [0.25, 0.3) is 5.91 Å². The van der Waals surface area contributed by atoms with E-state index in [1.54, 1.807) is 48.7 Å². The number of piperidine rings is 1. The number of rotatable bonds is 6. The van der Waals surface area contributed by atoms with Crippen LogP contribution in [-0.4, -0.2) is 53.2 Å². The number of anilines is 3. The largest absolute Gasteiger partial charge is 0.490 e. The minimum absolute atomic E-state index is 0.140. The fourth-order valence-electron chi connectivity index (χ4n) is 3.70. The molecule has 2 aromatic heterocycles. The van der Waals surface area contributed by atoms with E-state index in [0.717, 1.165) is 25.9 Å². The van der Waals surface area contributed by atoms with Crippen LogP contribution in [0.25, 0.3) is 0 Å². The minimum atomic E-state index is -0.453. The summed E-state index contributed by atoms with van der Waals surface area (Å²) < 4.78 is 11.3. The Morgan fingerprint density at radius 2 is 1.67 bits per heavy atom. The molecular formula is C26H32N6O4. The third-order valence-corrected chi connectivity index (χ3v) is 5.82.